The fraction of sp³-hybridized carbons (Fsp3) is 0.0526. The molecule has 0 aliphatic carbocycles. The number of pyridine rings is 1. The Morgan fingerprint density at radius 3 is 2.44 bits per heavy atom. The second-order valence-corrected chi connectivity index (χ2v) is 7.90. The van der Waals surface area contributed by atoms with Gasteiger partial charge in [0, 0.05) is 11.8 Å². The largest absolute Gasteiger partial charge is 0.321 e. The van der Waals surface area contributed by atoms with Gasteiger partial charge in [-0.1, -0.05) is 29.3 Å². The van der Waals surface area contributed by atoms with Crippen molar-refractivity contribution in [3.63, 3.8) is 0 Å². The molecular formula is C19H16ClN3O3S. The summed E-state index contributed by atoms with van der Waals surface area (Å²) < 4.78 is 27.4. The van der Waals surface area contributed by atoms with E-state index >= 15 is 0 Å². The zero-order chi connectivity index (χ0) is 19.4. The summed E-state index contributed by atoms with van der Waals surface area (Å²) in [5.41, 5.74) is 1.98. The third-order valence-corrected chi connectivity index (χ3v) is 5.42. The third-order valence-electron chi connectivity index (χ3n) is 3.73. The Kier molecular flexibility index (Phi) is 5.43. The van der Waals surface area contributed by atoms with Crippen LogP contribution in [0.25, 0.3) is 0 Å². The Balaban J connectivity index is 1.78. The van der Waals surface area contributed by atoms with Gasteiger partial charge in [-0.25, -0.2) is 8.42 Å². The fourth-order valence-electron chi connectivity index (χ4n) is 2.30. The molecular weight excluding hydrogens is 386 g/mol. The van der Waals surface area contributed by atoms with Crippen LogP contribution in [0.4, 0.5) is 11.4 Å². The molecule has 0 aliphatic heterocycles. The van der Waals surface area contributed by atoms with Crippen LogP contribution in [0.15, 0.2) is 71.9 Å². The van der Waals surface area contributed by atoms with E-state index in [0.717, 1.165) is 5.56 Å². The molecule has 2 N–H and O–H groups in total. The van der Waals surface area contributed by atoms with Gasteiger partial charge in [0.25, 0.3) is 15.9 Å². The first-order valence-corrected chi connectivity index (χ1v) is 9.82. The predicted molar refractivity (Wildman–Crippen MR) is 106 cm³/mol. The lowest BCUT2D eigenvalue weighted by Crippen LogP contribution is -2.15. The van der Waals surface area contributed by atoms with E-state index in [9.17, 15) is 13.2 Å². The van der Waals surface area contributed by atoms with E-state index in [0.29, 0.717) is 11.3 Å². The van der Waals surface area contributed by atoms with Gasteiger partial charge in [-0.15, -0.1) is 0 Å². The molecule has 0 saturated heterocycles. The highest BCUT2D eigenvalue weighted by Crippen LogP contribution is 2.26. The topological polar surface area (TPSA) is 88.2 Å². The molecule has 0 saturated carbocycles. The first kappa shape index (κ1) is 18.9. The first-order valence-electron chi connectivity index (χ1n) is 7.95. The van der Waals surface area contributed by atoms with Crippen LogP contribution in [0.5, 0.6) is 0 Å². The van der Waals surface area contributed by atoms with Gasteiger partial charge < -0.3 is 5.32 Å². The summed E-state index contributed by atoms with van der Waals surface area (Å²) in [7, 11) is -3.78. The van der Waals surface area contributed by atoms with Crippen molar-refractivity contribution in [3.05, 3.63) is 83.1 Å². The van der Waals surface area contributed by atoms with Crippen LogP contribution in [-0.2, 0) is 10.0 Å². The number of benzene rings is 2. The van der Waals surface area contributed by atoms with Crippen LogP contribution in [0, 0.1) is 6.92 Å². The standard InChI is InChI=1S/C19H16ClN3O3S/c1-13-4-7-16(8-5-13)27(25,26)23-18-9-6-14(11-17(18)20)19(24)22-15-3-2-10-21-12-15/h2-12,23H,1H3,(H,22,24). The molecule has 0 fully saturated rings. The number of amides is 1. The molecule has 3 rings (SSSR count). The van der Waals surface area contributed by atoms with Gasteiger partial charge in [-0.05, 0) is 49.4 Å². The molecule has 8 heteroatoms. The average molecular weight is 402 g/mol. The van der Waals surface area contributed by atoms with Gasteiger partial charge in [-0.2, -0.15) is 0 Å². The Labute approximate surface area is 162 Å². The van der Waals surface area contributed by atoms with Crippen LogP contribution in [-0.4, -0.2) is 19.3 Å². The number of carbonyl (C=O) groups excluding carboxylic acids is 1. The van der Waals surface area contributed by atoms with Crippen molar-refractivity contribution in [1.82, 2.24) is 4.98 Å². The van der Waals surface area contributed by atoms with Gasteiger partial charge in [0.1, 0.15) is 0 Å². The van der Waals surface area contributed by atoms with Crippen LogP contribution in [0.1, 0.15) is 15.9 Å². The highest BCUT2D eigenvalue weighted by molar-refractivity contribution is 7.92. The van der Waals surface area contributed by atoms with Crippen LogP contribution >= 0.6 is 11.6 Å². The summed E-state index contributed by atoms with van der Waals surface area (Å²) in [5.74, 6) is -0.377. The zero-order valence-electron chi connectivity index (χ0n) is 14.3. The molecule has 1 aromatic heterocycles. The van der Waals surface area contributed by atoms with Gasteiger partial charge in [0.2, 0.25) is 0 Å². The van der Waals surface area contributed by atoms with Crippen LogP contribution < -0.4 is 10.0 Å². The molecule has 138 valence electrons. The van der Waals surface area contributed by atoms with Crippen molar-refractivity contribution in [1.29, 1.82) is 0 Å². The molecule has 6 nitrogen and oxygen atoms in total. The molecule has 0 unspecified atom stereocenters. The number of nitrogens with one attached hydrogen (secondary N) is 2. The van der Waals surface area contributed by atoms with E-state index in [-0.39, 0.29) is 21.5 Å². The van der Waals surface area contributed by atoms with Crippen molar-refractivity contribution < 1.29 is 13.2 Å². The maximum Gasteiger partial charge on any atom is 0.261 e. The Hall–Kier alpha value is -2.90. The SMILES string of the molecule is Cc1ccc(S(=O)(=O)Nc2ccc(C(=O)Nc3cccnc3)cc2Cl)cc1. The smallest absolute Gasteiger partial charge is 0.261 e. The number of halogens is 1. The van der Waals surface area contributed by atoms with E-state index in [4.69, 9.17) is 11.6 Å². The van der Waals surface area contributed by atoms with E-state index in [1.807, 2.05) is 6.92 Å². The maximum atomic E-state index is 12.5. The zero-order valence-corrected chi connectivity index (χ0v) is 15.9. The summed E-state index contributed by atoms with van der Waals surface area (Å²) in [4.78, 5) is 16.3. The quantitative estimate of drug-likeness (QED) is 0.673. The highest BCUT2D eigenvalue weighted by atomic mass is 35.5. The monoisotopic (exact) mass is 401 g/mol. The molecule has 0 bridgehead atoms. The van der Waals surface area contributed by atoms with Crippen LogP contribution in [0.2, 0.25) is 5.02 Å². The minimum absolute atomic E-state index is 0.115. The predicted octanol–water partition coefficient (Wildman–Crippen LogP) is 4.10. The van der Waals surface area contributed by atoms with E-state index < -0.39 is 10.0 Å². The summed E-state index contributed by atoms with van der Waals surface area (Å²) in [6.45, 7) is 1.87. The molecule has 0 aliphatic rings. The Morgan fingerprint density at radius 2 is 1.81 bits per heavy atom. The average Bonchev–Trinajstić information content (AvgIpc) is 2.64. The number of rotatable bonds is 5. The van der Waals surface area contributed by atoms with Crippen molar-refractivity contribution in [2.45, 2.75) is 11.8 Å². The molecule has 0 radical (unpaired) electrons. The van der Waals surface area contributed by atoms with E-state index in [1.165, 1.54) is 36.5 Å². The number of nitrogens with zero attached hydrogens (tertiary/aromatic N) is 1. The highest BCUT2D eigenvalue weighted by Gasteiger charge is 2.17. The lowest BCUT2D eigenvalue weighted by Gasteiger charge is -2.11. The summed E-state index contributed by atoms with van der Waals surface area (Å²) in [5, 5.41) is 2.80. The maximum absolute atomic E-state index is 12.5. The number of anilines is 2. The summed E-state index contributed by atoms with van der Waals surface area (Å²) >= 11 is 6.18. The number of aryl methyl sites for hydroxylation is 1. The van der Waals surface area contributed by atoms with E-state index in [2.05, 4.69) is 15.0 Å². The van der Waals surface area contributed by atoms with Crippen molar-refractivity contribution in [2.75, 3.05) is 10.0 Å². The van der Waals surface area contributed by atoms with E-state index in [1.54, 1.807) is 30.5 Å². The van der Waals surface area contributed by atoms with Gasteiger partial charge in [0.15, 0.2) is 0 Å². The molecule has 0 spiro atoms. The second kappa shape index (κ2) is 7.77. The van der Waals surface area contributed by atoms with Gasteiger partial charge in [-0.3, -0.25) is 14.5 Å². The van der Waals surface area contributed by atoms with Crippen molar-refractivity contribution in [3.8, 4) is 0 Å². The molecule has 1 heterocycles. The summed E-state index contributed by atoms with van der Waals surface area (Å²) in [6, 6.07) is 14.2. The first-order chi connectivity index (χ1) is 12.8. The van der Waals surface area contributed by atoms with Gasteiger partial charge >= 0.3 is 0 Å². The number of hydrogen-bond acceptors (Lipinski definition) is 4. The third kappa shape index (κ3) is 4.64. The van der Waals surface area contributed by atoms with Crippen LogP contribution in [0.3, 0.4) is 0 Å². The van der Waals surface area contributed by atoms with Crippen molar-refractivity contribution in [2.24, 2.45) is 0 Å². The van der Waals surface area contributed by atoms with Gasteiger partial charge in [0.05, 0.1) is 27.5 Å². The molecule has 2 aromatic carbocycles. The summed E-state index contributed by atoms with van der Waals surface area (Å²) in [6.07, 6.45) is 3.12. The normalized spacial score (nSPS) is 11.0. The van der Waals surface area contributed by atoms with Crippen molar-refractivity contribution >= 4 is 38.9 Å². The number of hydrogen-bond donors (Lipinski definition) is 2. The second-order valence-electron chi connectivity index (χ2n) is 5.81. The number of carbonyl (C=O) groups is 1. The molecule has 27 heavy (non-hydrogen) atoms. The molecule has 0 atom stereocenters. The molecule has 3 aromatic rings. The number of aromatic nitrogens is 1. The Bertz CT molecular complexity index is 1070. The lowest BCUT2D eigenvalue weighted by atomic mass is 10.2. The Morgan fingerprint density at radius 1 is 1.07 bits per heavy atom. The lowest BCUT2D eigenvalue weighted by molar-refractivity contribution is 0.102. The minimum atomic E-state index is -3.78. The molecule has 1 amide bonds. The minimum Gasteiger partial charge on any atom is -0.321 e. The fourth-order valence-corrected chi connectivity index (χ4v) is 3.66. The number of sulfonamides is 1.